The van der Waals surface area contributed by atoms with E-state index in [4.69, 9.17) is 5.11 Å². The van der Waals surface area contributed by atoms with Crippen molar-refractivity contribution in [2.24, 2.45) is 0 Å². The van der Waals surface area contributed by atoms with Gasteiger partial charge in [-0.1, -0.05) is 13.0 Å². The van der Waals surface area contributed by atoms with Gasteiger partial charge in [-0.15, -0.1) is 0 Å². The molecule has 0 unspecified atom stereocenters. The van der Waals surface area contributed by atoms with Crippen LogP contribution in [0.2, 0.25) is 0 Å². The zero-order valence-electron chi connectivity index (χ0n) is 8.25. The Morgan fingerprint density at radius 1 is 1.40 bits per heavy atom. The molecule has 2 nitrogen and oxygen atoms in total. The summed E-state index contributed by atoms with van der Waals surface area (Å²) >= 11 is 0. The van der Waals surface area contributed by atoms with Gasteiger partial charge in [-0.25, -0.2) is 0 Å². The van der Waals surface area contributed by atoms with Crippen molar-refractivity contribution in [1.82, 2.24) is 4.98 Å². The maximum atomic E-state index is 12.0. The van der Waals surface area contributed by atoms with Crippen LogP contribution >= 0.6 is 0 Å². The van der Waals surface area contributed by atoms with Crippen LogP contribution in [-0.2, 0) is 12.8 Å². The first-order valence-corrected chi connectivity index (χ1v) is 4.62. The Morgan fingerprint density at radius 3 is 2.47 bits per heavy atom. The molecule has 0 saturated carbocycles. The molecule has 0 aliphatic carbocycles. The molecule has 0 amide bonds. The molecule has 84 valence electrons. The highest BCUT2D eigenvalue weighted by Crippen LogP contribution is 2.22. The zero-order chi connectivity index (χ0) is 11.5. The van der Waals surface area contributed by atoms with E-state index in [9.17, 15) is 13.2 Å². The lowest BCUT2D eigenvalue weighted by molar-refractivity contribution is -0.203. The monoisotopic (exact) mass is 219 g/mol. The second kappa shape index (κ2) is 4.61. The van der Waals surface area contributed by atoms with E-state index in [1.165, 1.54) is 12.3 Å². The van der Waals surface area contributed by atoms with Crippen molar-refractivity contribution in [2.75, 3.05) is 0 Å². The maximum Gasteiger partial charge on any atom is 0.414 e. The van der Waals surface area contributed by atoms with Gasteiger partial charge >= 0.3 is 6.18 Å². The third-order valence-corrected chi connectivity index (χ3v) is 2.07. The van der Waals surface area contributed by atoms with Gasteiger partial charge in [0.1, 0.15) is 0 Å². The first kappa shape index (κ1) is 12.0. The standard InChI is InChI=1S/C10H12F3NO/c1-2-7-3-4-8(14-6-7)5-9(15)10(11,12)13/h3-4,6,9,15H,2,5H2,1H3/t9-/m0/s1. The summed E-state index contributed by atoms with van der Waals surface area (Å²) in [5.41, 5.74) is 1.21. The minimum Gasteiger partial charge on any atom is -0.383 e. The van der Waals surface area contributed by atoms with Crippen molar-refractivity contribution in [3.63, 3.8) is 0 Å². The highest BCUT2D eigenvalue weighted by Gasteiger charge is 2.38. The molecule has 0 aliphatic rings. The van der Waals surface area contributed by atoms with E-state index < -0.39 is 18.7 Å². The predicted molar refractivity (Wildman–Crippen MR) is 49.4 cm³/mol. The van der Waals surface area contributed by atoms with Crippen molar-refractivity contribution in [2.45, 2.75) is 32.0 Å². The number of alkyl halides is 3. The predicted octanol–water partition coefficient (Wildman–Crippen LogP) is 2.11. The molecule has 0 spiro atoms. The zero-order valence-corrected chi connectivity index (χ0v) is 8.25. The molecule has 15 heavy (non-hydrogen) atoms. The largest absolute Gasteiger partial charge is 0.414 e. The van der Waals surface area contributed by atoms with Crippen LogP contribution in [0.5, 0.6) is 0 Å². The lowest BCUT2D eigenvalue weighted by Crippen LogP contribution is -2.30. The maximum absolute atomic E-state index is 12.0. The SMILES string of the molecule is CCc1ccc(C[C@H](O)C(F)(F)F)nc1. The van der Waals surface area contributed by atoms with Crippen molar-refractivity contribution >= 4 is 0 Å². The van der Waals surface area contributed by atoms with Gasteiger partial charge < -0.3 is 5.11 Å². The fourth-order valence-electron chi connectivity index (χ4n) is 1.10. The molecule has 1 atom stereocenters. The Kier molecular flexibility index (Phi) is 3.68. The third kappa shape index (κ3) is 3.51. The molecule has 0 fully saturated rings. The average Bonchev–Trinajstić information content (AvgIpc) is 2.17. The van der Waals surface area contributed by atoms with Gasteiger partial charge in [-0.2, -0.15) is 13.2 Å². The molecule has 0 radical (unpaired) electrons. The second-order valence-electron chi connectivity index (χ2n) is 3.27. The van der Waals surface area contributed by atoms with Gasteiger partial charge in [0.15, 0.2) is 6.10 Å². The molecule has 1 rings (SSSR count). The number of halogens is 3. The molecule has 1 aromatic rings. The van der Waals surface area contributed by atoms with E-state index in [1.54, 1.807) is 6.07 Å². The average molecular weight is 219 g/mol. The van der Waals surface area contributed by atoms with Gasteiger partial charge in [0.25, 0.3) is 0 Å². The van der Waals surface area contributed by atoms with Gasteiger partial charge in [0.05, 0.1) is 0 Å². The van der Waals surface area contributed by atoms with Crippen LogP contribution in [0.1, 0.15) is 18.2 Å². The fourth-order valence-corrected chi connectivity index (χ4v) is 1.10. The van der Waals surface area contributed by atoms with Gasteiger partial charge in [0.2, 0.25) is 0 Å². The Balaban J connectivity index is 2.65. The summed E-state index contributed by atoms with van der Waals surface area (Å²) in [5, 5.41) is 8.80. The molecule has 1 N–H and O–H groups in total. The minimum absolute atomic E-state index is 0.247. The van der Waals surface area contributed by atoms with Crippen LogP contribution in [0.15, 0.2) is 18.3 Å². The second-order valence-corrected chi connectivity index (χ2v) is 3.27. The lowest BCUT2D eigenvalue weighted by atomic mass is 10.1. The van der Waals surface area contributed by atoms with Gasteiger partial charge in [0, 0.05) is 18.3 Å². The number of aryl methyl sites for hydroxylation is 1. The highest BCUT2D eigenvalue weighted by atomic mass is 19.4. The summed E-state index contributed by atoms with van der Waals surface area (Å²) < 4.78 is 36.0. The fraction of sp³-hybridized carbons (Fsp3) is 0.500. The molecule has 5 heteroatoms. The number of nitrogens with zero attached hydrogens (tertiary/aromatic N) is 1. The lowest BCUT2D eigenvalue weighted by Gasteiger charge is -2.13. The smallest absolute Gasteiger partial charge is 0.383 e. The molecule has 0 aromatic carbocycles. The van der Waals surface area contributed by atoms with E-state index in [2.05, 4.69) is 4.98 Å². The summed E-state index contributed by atoms with van der Waals surface area (Å²) in [4.78, 5) is 3.84. The normalized spacial score (nSPS) is 13.9. The Labute approximate surface area is 85.8 Å². The summed E-state index contributed by atoms with van der Waals surface area (Å²) in [6.45, 7) is 1.93. The summed E-state index contributed by atoms with van der Waals surface area (Å²) in [7, 11) is 0. The quantitative estimate of drug-likeness (QED) is 0.844. The van der Waals surface area contributed by atoms with E-state index in [0.29, 0.717) is 0 Å². The first-order valence-electron chi connectivity index (χ1n) is 4.62. The number of rotatable bonds is 3. The van der Waals surface area contributed by atoms with Crippen molar-refractivity contribution in [3.8, 4) is 0 Å². The van der Waals surface area contributed by atoms with E-state index >= 15 is 0 Å². The Morgan fingerprint density at radius 2 is 2.07 bits per heavy atom. The molecular weight excluding hydrogens is 207 g/mol. The molecular formula is C10H12F3NO. The van der Waals surface area contributed by atoms with E-state index in [0.717, 1.165) is 12.0 Å². The molecule has 0 aliphatic heterocycles. The highest BCUT2D eigenvalue weighted by molar-refractivity contribution is 5.14. The molecule has 0 bridgehead atoms. The first-order chi connectivity index (χ1) is 6.93. The van der Waals surface area contributed by atoms with Crippen LogP contribution in [0, 0.1) is 0 Å². The minimum atomic E-state index is -4.58. The Bertz CT molecular complexity index is 307. The van der Waals surface area contributed by atoms with Crippen molar-refractivity contribution in [1.29, 1.82) is 0 Å². The van der Waals surface area contributed by atoms with Crippen molar-refractivity contribution in [3.05, 3.63) is 29.6 Å². The number of hydrogen-bond acceptors (Lipinski definition) is 2. The van der Waals surface area contributed by atoms with Crippen LogP contribution in [0.3, 0.4) is 0 Å². The Hall–Kier alpha value is -1.10. The van der Waals surface area contributed by atoms with Crippen LogP contribution in [0.25, 0.3) is 0 Å². The van der Waals surface area contributed by atoms with E-state index in [1.807, 2.05) is 6.92 Å². The number of aromatic nitrogens is 1. The summed E-state index contributed by atoms with van der Waals surface area (Å²) in [5.74, 6) is 0. The molecule has 0 saturated heterocycles. The molecule has 1 aromatic heterocycles. The van der Waals surface area contributed by atoms with Crippen LogP contribution in [-0.4, -0.2) is 22.4 Å². The number of pyridine rings is 1. The van der Waals surface area contributed by atoms with Crippen LogP contribution in [0.4, 0.5) is 13.2 Å². The van der Waals surface area contributed by atoms with Gasteiger partial charge in [-0.3, -0.25) is 4.98 Å². The van der Waals surface area contributed by atoms with Gasteiger partial charge in [-0.05, 0) is 18.1 Å². The topological polar surface area (TPSA) is 33.1 Å². The summed E-state index contributed by atoms with van der Waals surface area (Å²) in [6.07, 6.45) is -5.09. The number of aliphatic hydroxyl groups excluding tert-OH is 1. The summed E-state index contributed by atoms with van der Waals surface area (Å²) in [6, 6.07) is 3.22. The third-order valence-electron chi connectivity index (χ3n) is 2.07. The molecule has 1 heterocycles. The number of hydrogen-bond donors (Lipinski definition) is 1. The van der Waals surface area contributed by atoms with Crippen LogP contribution < -0.4 is 0 Å². The van der Waals surface area contributed by atoms with Crippen molar-refractivity contribution < 1.29 is 18.3 Å². The van der Waals surface area contributed by atoms with E-state index in [-0.39, 0.29) is 5.69 Å². The number of aliphatic hydroxyl groups is 1.